The highest BCUT2D eigenvalue weighted by atomic mass is 16.5. The van der Waals surface area contributed by atoms with Crippen molar-refractivity contribution in [3.63, 3.8) is 0 Å². The second kappa shape index (κ2) is 9.56. The maximum atomic E-state index is 12.9. The number of hydrogen-bond acceptors (Lipinski definition) is 3. The first kappa shape index (κ1) is 21.4. The van der Waals surface area contributed by atoms with Gasteiger partial charge in [0.1, 0.15) is 17.5 Å². The maximum Gasteiger partial charge on any atom is 0.270 e. The third-order valence-electron chi connectivity index (χ3n) is 6.26. The van der Waals surface area contributed by atoms with Crippen molar-refractivity contribution in [1.82, 2.24) is 14.8 Å². The Kier molecular flexibility index (Phi) is 6.62. The summed E-state index contributed by atoms with van der Waals surface area (Å²) in [5.74, 6) is 0.890. The summed E-state index contributed by atoms with van der Waals surface area (Å²) in [4.78, 5) is 20.4. The molecule has 1 amide bonds. The van der Waals surface area contributed by atoms with Crippen molar-refractivity contribution in [3.8, 4) is 5.75 Å². The lowest BCUT2D eigenvalue weighted by atomic mass is 10.1. The Bertz CT molecular complexity index is 1000. The van der Waals surface area contributed by atoms with Crippen LogP contribution in [-0.2, 0) is 6.42 Å². The molecule has 0 bridgehead atoms. The first-order valence-corrected chi connectivity index (χ1v) is 11.3. The predicted octanol–water partition coefficient (Wildman–Crippen LogP) is 4.73. The molecule has 0 atom stereocenters. The third kappa shape index (κ3) is 5.28. The molecule has 0 spiro atoms. The number of nitrogens with zero attached hydrogens (tertiary/aromatic N) is 2. The van der Waals surface area contributed by atoms with Crippen LogP contribution in [0.1, 0.15) is 42.7 Å². The fraction of sp³-hybridized carbons (Fsp3) is 0.423. The van der Waals surface area contributed by atoms with Crippen LogP contribution in [0.4, 0.5) is 0 Å². The highest BCUT2D eigenvalue weighted by Gasteiger charge is 2.22. The first-order chi connectivity index (χ1) is 15.0. The van der Waals surface area contributed by atoms with Crippen molar-refractivity contribution in [2.45, 2.75) is 45.3 Å². The number of nitrogens with one attached hydrogen (secondary N) is 1. The van der Waals surface area contributed by atoms with Crippen LogP contribution in [-0.4, -0.2) is 59.5 Å². The van der Waals surface area contributed by atoms with Gasteiger partial charge in [-0.1, -0.05) is 30.3 Å². The highest BCUT2D eigenvalue weighted by molar-refractivity contribution is 5.98. The van der Waals surface area contributed by atoms with E-state index < -0.39 is 0 Å². The molecule has 0 radical (unpaired) electrons. The van der Waals surface area contributed by atoms with Gasteiger partial charge in [0.25, 0.3) is 5.91 Å². The van der Waals surface area contributed by atoms with Gasteiger partial charge in [-0.15, -0.1) is 0 Å². The van der Waals surface area contributed by atoms with Gasteiger partial charge in [-0.3, -0.25) is 4.79 Å². The molecular weight excluding hydrogens is 386 g/mol. The van der Waals surface area contributed by atoms with Crippen LogP contribution in [0.2, 0.25) is 0 Å². The van der Waals surface area contributed by atoms with Crippen LogP contribution in [0.15, 0.2) is 54.6 Å². The largest absolute Gasteiger partial charge is 0.490 e. The number of carbonyl (C=O) groups is 1. The summed E-state index contributed by atoms with van der Waals surface area (Å²) < 4.78 is 6.26. The number of likely N-dealkylation sites (N-methyl/N-ethyl adjacent to an activating group) is 1. The van der Waals surface area contributed by atoms with Crippen LogP contribution < -0.4 is 4.74 Å². The van der Waals surface area contributed by atoms with E-state index >= 15 is 0 Å². The zero-order valence-corrected chi connectivity index (χ0v) is 18.8. The Balaban J connectivity index is 1.37. The monoisotopic (exact) mass is 419 g/mol. The van der Waals surface area contributed by atoms with E-state index in [2.05, 4.69) is 35.9 Å². The van der Waals surface area contributed by atoms with Crippen LogP contribution in [0.5, 0.6) is 5.75 Å². The molecule has 164 valence electrons. The van der Waals surface area contributed by atoms with Gasteiger partial charge in [-0.2, -0.15) is 0 Å². The summed E-state index contributed by atoms with van der Waals surface area (Å²) in [7, 11) is 1.86. The summed E-state index contributed by atoms with van der Waals surface area (Å²) in [5, 5.41) is 1.01. The Morgan fingerprint density at radius 1 is 1.13 bits per heavy atom. The van der Waals surface area contributed by atoms with Crippen molar-refractivity contribution in [2.75, 3.05) is 26.7 Å². The van der Waals surface area contributed by atoms with Gasteiger partial charge in [-0.05, 0) is 62.9 Å². The smallest absolute Gasteiger partial charge is 0.270 e. The minimum absolute atomic E-state index is 0.00987. The van der Waals surface area contributed by atoms with Gasteiger partial charge in [0.2, 0.25) is 0 Å². The molecule has 2 aromatic carbocycles. The van der Waals surface area contributed by atoms with Gasteiger partial charge in [0.15, 0.2) is 0 Å². The van der Waals surface area contributed by atoms with E-state index in [0.717, 1.165) is 49.0 Å². The molecule has 1 saturated heterocycles. The Morgan fingerprint density at radius 3 is 2.58 bits per heavy atom. The van der Waals surface area contributed by atoms with Crippen LogP contribution >= 0.6 is 0 Å². The molecule has 1 aliphatic rings. The van der Waals surface area contributed by atoms with E-state index in [1.165, 1.54) is 5.56 Å². The number of rotatable bonds is 7. The number of likely N-dealkylation sites (tertiary alicyclic amines) is 1. The van der Waals surface area contributed by atoms with Gasteiger partial charge in [0.05, 0.1) is 0 Å². The van der Waals surface area contributed by atoms with Crippen LogP contribution in [0, 0.1) is 0 Å². The number of H-pyrrole nitrogens is 1. The average molecular weight is 420 g/mol. The fourth-order valence-electron chi connectivity index (χ4n) is 4.25. The molecular formula is C26H33N3O2. The average Bonchev–Trinajstić information content (AvgIpc) is 3.21. The van der Waals surface area contributed by atoms with Gasteiger partial charge >= 0.3 is 0 Å². The molecule has 2 heterocycles. The van der Waals surface area contributed by atoms with Gasteiger partial charge < -0.3 is 19.5 Å². The van der Waals surface area contributed by atoms with E-state index in [9.17, 15) is 4.79 Å². The highest BCUT2D eigenvalue weighted by Crippen LogP contribution is 2.25. The van der Waals surface area contributed by atoms with Crippen molar-refractivity contribution in [3.05, 3.63) is 65.9 Å². The summed E-state index contributed by atoms with van der Waals surface area (Å²) in [6.07, 6.45) is 3.21. The first-order valence-electron chi connectivity index (χ1n) is 11.3. The molecule has 31 heavy (non-hydrogen) atoms. The molecule has 1 aromatic heterocycles. The second-order valence-electron chi connectivity index (χ2n) is 8.84. The number of piperidine rings is 1. The van der Waals surface area contributed by atoms with E-state index in [1.54, 1.807) is 4.90 Å². The molecule has 5 heteroatoms. The van der Waals surface area contributed by atoms with Crippen LogP contribution in [0.3, 0.4) is 0 Å². The number of hydrogen-bond donors (Lipinski definition) is 1. The van der Waals surface area contributed by atoms with Crippen molar-refractivity contribution >= 4 is 16.8 Å². The molecule has 0 unspecified atom stereocenters. The van der Waals surface area contributed by atoms with Crippen molar-refractivity contribution in [1.29, 1.82) is 0 Å². The molecule has 3 aromatic rings. The second-order valence-corrected chi connectivity index (χ2v) is 8.84. The maximum absolute atomic E-state index is 12.9. The Labute approximate surface area is 185 Å². The zero-order chi connectivity index (χ0) is 21.8. The fourth-order valence-corrected chi connectivity index (χ4v) is 4.25. The summed E-state index contributed by atoms with van der Waals surface area (Å²) in [5.41, 5.74) is 2.81. The van der Waals surface area contributed by atoms with Crippen molar-refractivity contribution in [2.24, 2.45) is 0 Å². The number of benzene rings is 2. The molecule has 4 rings (SSSR count). The van der Waals surface area contributed by atoms with Crippen LogP contribution in [0.25, 0.3) is 10.9 Å². The lowest BCUT2D eigenvalue weighted by Crippen LogP contribution is -2.41. The third-order valence-corrected chi connectivity index (χ3v) is 6.26. The van der Waals surface area contributed by atoms with Crippen molar-refractivity contribution < 1.29 is 9.53 Å². The Morgan fingerprint density at radius 2 is 1.87 bits per heavy atom. The zero-order valence-electron chi connectivity index (χ0n) is 18.8. The lowest BCUT2D eigenvalue weighted by molar-refractivity contribution is 0.0791. The molecule has 0 aliphatic carbocycles. The lowest BCUT2D eigenvalue weighted by Gasteiger charge is -2.34. The molecule has 1 aliphatic heterocycles. The molecule has 0 saturated carbocycles. The number of fused-ring (bicyclic) bond motifs is 1. The quantitative estimate of drug-likeness (QED) is 0.602. The van der Waals surface area contributed by atoms with E-state index in [0.29, 0.717) is 18.3 Å². The summed E-state index contributed by atoms with van der Waals surface area (Å²) >= 11 is 0. The molecule has 1 fully saturated rings. The topological polar surface area (TPSA) is 48.6 Å². The standard InChI is InChI=1S/C26H33N3O2/c1-19(2)29-15-12-22(13-16-29)31-23-9-10-24-21(17-23)18-25(27-24)26(30)28(3)14-11-20-7-5-4-6-8-20/h4-10,17-19,22,27H,11-16H2,1-3H3. The van der Waals surface area contributed by atoms with Gasteiger partial charge in [0, 0.05) is 43.6 Å². The Hall–Kier alpha value is -2.79. The normalized spacial score (nSPS) is 15.5. The number of aromatic nitrogens is 1. The van der Waals surface area contributed by atoms with E-state index in [1.807, 2.05) is 49.5 Å². The van der Waals surface area contributed by atoms with E-state index in [4.69, 9.17) is 4.74 Å². The summed E-state index contributed by atoms with van der Waals surface area (Å²) in [6.45, 7) is 7.35. The van der Waals surface area contributed by atoms with Gasteiger partial charge in [-0.25, -0.2) is 0 Å². The number of amides is 1. The molecule has 1 N–H and O–H groups in total. The number of ether oxygens (including phenoxy) is 1. The number of aromatic amines is 1. The van der Waals surface area contributed by atoms with E-state index in [-0.39, 0.29) is 12.0 Å². The minimum Gasteiger partial charge on any atom is -0.490 e. The minimum atomic E-state index is 0.00987. The SMILES string of the molecule is CC(C)N1CCC(Oc2ccc3[nH]c(C(=O)N(C)CCc4ccccc4)cc3c2)CC1. The predicted molar refractivity (Wildman–Crippen MR) is 126 cm³/mol. The summed E-state index contributed by atoms with van der Waals surface area (Å²) in [6, 6.07) is 18.8. The number of carbonyl (C=O) groups excluding carboxylic acids is 1. The molecule has 5 nitrogen and oxygen atoms in total.